The van der Waals surface area contributed by atoms with Crippen molar-refractivity contribution in [2.75, 3.05) is 12.4 Å². The number of carbonyl (C=O) groups is 2. The number of ether oxygens (including phenoxy) is 2. The zero-order valence-electron chi connectivity index (χ0n) is 15.2. The average molecular weight is 363 g/mol. The lowest BCUT2D eigenvalue weighted by molar-refractivity contribution is -0.122. The number of ketones is 1. The quantitative estimate of drug-likeness (QED) is 0.658. The monoisotopic (exact) mass is 363 g/mol. The molecule has 0 bridgehead atoms. The number of cyclic esters (lactones) is 1. The summed E-state index contributed by atoms with van der Waals surface area (Å²) >= 11 is 0. The molecule has 7 heteroatoms. The van der Waals surface area contributed by atoms with E-state index < -0.39 is 18.2 Å². The number of rotatable bonds is 1. The number of aliphatic hydroxyl groups excluding tert-OH is 1. The maximum atomic E-state index is 12.5. The Kier molecular flexibility index (Phi) is 6.63. The van der Waals surface area contributed by atoms with E-state index in [2.05, 4.69) is 5.32 Å². The van der Waals surface area contributed by atoms with Crippen LogP contribution in [0.1, 0.15) is 43.5 Å². The summed E-state index contributed by atoms with van der Waals surface area (Å²) in [6.07, 6.45) is 2.40. The van der Waals surface area contributed by atoms with Crippen molar-refractivity contribution < 1.29 is 29.3 Å². The Hall–Kier alpha value is -2.54. The Balaban J connectivity index is 2.39. The summed E-state index contributed by atoms with van der Waals surface area (Å²) in [7, 11) is 1.46. The van der Waals surface area contributed by atoms with Gasteiger partial charge in [0, 0.05) is 24.6 Å². The molecule has 26 heavy (non-hydrogen) atoms. The van der Waals surface area contributed by atoms with Crippen LogP contribution in [0.15, 0.2) is 24.3 Å². The van der Waals surface area contributed by atoms with Crippen molar-refractivity contribution >= 4 is 17.4 Å². The fourth-order valence-corrected chi connectivity index (χ4v) is 2.71. The number of aliphatic hydroxyl groups is 1. The fraction of sp³-hybridized carbons (Fsp3) is 0.474. The van der Waals surface area contributed by atoms with E-state index in [9.17, 15) is 19.8 Å². The van der Waals surface area contributed by atoms with Crippen LogP contribution in [0.3, 0.4) is 0 Å². The molecule has 0 saturated carbocycles. The number of phenolic OH excluding ortho intramolecular Hbond substituents is 1. The number of methoxy groups -OCH3 is 1. The molecule has 1 heterocycles. The second-order valence-electron chi connectivity index (χ2n) is 6.46. The lowest BCUT2D eigenvalue weighted by Gasteiger charge is -2.21. The molecule has 142 valence electrons. The second-order valence-corrected chi connectivity index (χ2v) is 6.46. The van der Waals surface area contributed by atoms with Crippen LogP contribution in [0.4, 0.5) is 5.69 Å². The third-order valence-corrected chi connectivity index (χ3v) is 4.19. The van der Waals surface area contributed by atoms with Gasteiger partial charge in [-0.1, -0.05) is 6.08 Å². The van der Waals surface area contributed by atoms with E-state index in [4.69, 9.17) is 9.47 Å². The van der Waals surface area contributed by atoms with Gasteiger partial charge < -0.3 is 25.0 Å². The van der Waals surface area contributed by atoms with Crippen molar-refractivity contribution in [2.45, 2.75) is 51.4 Å². The molecule has 0 radical (unpaired) electrons. The molecule has 0 aliphatic carbocycles. The van der Waals surface area contributed by atoms with E-state index in [1.165, 1.54) is 19.3 Å². The summed E-state index contributed by atoms with van der Waals surface area (Å²) in [5.41, 5.74) is 0.405. The van der Waals surface area contributed by atoms with E-state index >= 15 is 0 Å². The molecule has 0 aromatic heterocycles. The number of esters is 1. The molecule has 3 N–H and O–H groups in total. The fourth-order valence-electron chi connectivity index (χ4n) is 2.71. The summed E-state index contributed by atoms with van der Waals surface area (Å²) in [6, 6.07) is 2.78. The minimum absolute atomic E-state index is 0.0298. The predicted molar refractivity (Wildman–Crippen MR) is 96.6 cm³/mol. The van der Waals surface area contributed by atoms with Crippen molar-refractivity contribution in [1.82, 2.24) is 0 Å². The van der Waals surface area contributed by atoms with Crippen LogP contribution < -0.4 is 10.1 Å². The summed E-state index contributed by atoms with van der Waals surface area (Å²) in [6.45, 7) is 3.54. The summed E-state index contributed by atoms with van der Waals surface area (Å²) in [5.74, 6) is -0.883. The van der Waals surface area contributed by atoms with Crippen LogP contribution in [-0.2, 0) is 9.53 Å². The van der Waals surface area contributed by atoms with Gasteiger partial charge in [0.2, 0.25) is 0 Å². The molecule has 2 rings (SSSR count). The third kappa shape index (κ3) is 4.98. The van der Waals surface area contributed by atoms with Gasteiger partial charge in [0.15, 0.2) is 5.78 Å². The largest absolute Gasteiger partial charge is 0.507 e. The van der Waals surface area contributed by atoms with E-state index in [0.717, 1.165) is 0 Å². The van der Waals surface area contributed by atoms with Crippen molar-refractivity contribution in [2.24, 2.45) is 0 Å². The number of aromatic hydroxyl groups is 1. The predicted octanol–water partition coefficient (Wildman–Crippen LogP) is 2.42. The first kappa shape index (κ1) is 19.8. The first-order valence-electron chi connectivity index (χ1n) is 8.58. The highest BCUT2D eigenvalue weighted by Gasteiger charge is 2.23. The number of fused-ring (bicyclic) bond motifs is 1. The SMILES string of the molecule is COc1cc(O)c2c(c1)NC(C)CC[C@H](O)C(=O)/C=C\C[C@H](C)OC2=O. The lowest BCUT2D eigenvalue weighted by atomic mass is 10.0. The summed E-state index contributed by atoms with van der Waals surface area (Å²) in [4.78, 5) is 24.4. The first-order chi connectivity index (χ1) is 12.3. The molecule has 1 aromatic rings. The molecular formula is C19H25NO6. The smallest absolute Gasteiger partial charge is 0.344 e. The van der Waals surface area contributed by atoms with E-state index in [1.54, 1.807) is 19.1 Å². The molecule has 1 aliphatic heterocycles. The van der Waals surface area contributed by atoms with Gasteiger partial charge in [-0.05, 0) is 32.8 Å². The summed E-state index contributed by atoms with van der Waals surface area (Å²) < 4.78 is 10.5. The minimum Gasteiger partial charge on any atom is -0.507 e. The van der Waals surface area contributed by atoms with Gasteiger partial charge in [0.1, 0.15) is 29.3 Å². The number of anilines is 1. The third-order valence-electron chi connectivity index (χ3n) is 4.19. The van der Waals surface area contributed by atoms with Gasteiger partial charge in [-0.2, -0.15) is 0 Å². The first-order valence-corrected chi connectivity index (χ1v) is 8.58. The van der Waals surface area contributed by atoms with E-state index in [1.807, 2.05) is 6.92 Å². The lowest BCUT2D eigenvalue weighted by Crippen LogP contribution is -2.25. The Bertz CT molecular complexity index is 700. The maximum absolute atomic E-state index is 12.5. The zero-order chi connectivity index (χ0) is 19.3. The molecule has 7 nitrogen and oxygen atoms in total. The van der Waals surface area contributed by atoms with Crippen LogP contribution in [0, 0.1) is 0 Å². The van der Waals surface area contributed by atoms with E-state index in [-0.39, 0.29) is 29.6 Å². The number of nitrogens with one attached hydrogen (secondary N) is 1. The highest BCUT2D eigenvalue weighted by atomic mass is 16.5. The highest BCUT2D eigenvalue weighted by molar-refractivity contribution is 5.99. The zero-order valence-corrected chi connectivity index (χ0v) is 15.2. The topological polar surface area (TPSA) is 105 Å². The highest BCUT2D eigenvalue weighted by Crippen LogP contribution is 2.33. The minimum atomic E-state index is -1.07. The number of phenols is 1. The molecule has 1 aromatic carbocycles. The Labute approximate surface area is 152 Å². The second kappa shape index (κ2) is 8.71. The van der Waals surface area contributed by atoms with E-state index in [0.29, 0.717) is 24.3 Å². The van der Waals surface area contributed by atoms with Crippen molar-refractivity contribution in [3.05, 3.63) is 29.8 Å². The molecular weight excluding hydrogens is 338 g/mol. The van der Waals surface area contributed by atoms with Crippen molar-refractivity contribution in [1.29, 1.82) is 0 Å². The Morgan fingerprint density at radius 1 is 1.23 bits per heavy atom. The normalized spacial score (nSPS) is 26.1. The van der Waals surface area contributed by atoms with Crippen LogP contribution in [0.5, 0.6) is 11.5 Å². The van der Waals surface area contributed by atoms with Crippen LogP contribution in [0.2, 0.25) is 0 Å². The van der Waals surface area contributed by atoms with Gasteiger partial charge in [-0.3, -0.25) is 4.79 Å². The molecule has 0 spiro atoms. The van der Waals surface area contributed by atoms with Crippen molar-refractivity contribution in [3.63, 3.8) is 0 Å². The number of benzene rings is 1. The molecule has 1 unspecified atom stereocenters. The van der Waals surface area contributed by atoms with Crippen molar-refractivity contribution in [3.8, 4) is 11.5 Å². The standard InChI is InChI=1S/C19H25NO6/c1-11-7-8-16(22)15(21)6-4-5-12(2)26-19(24)18-14(20-11)9-13(25-3)10-17(18)23/h4,6,9-12,16,20,22-23H,5,7-8H2,1-3H3/b6-4-/t11?,12-,16-/m0/s1. The van der Waals surface area contributed by atoms with Gasteiger partial charge in [0.25, 0.3) is 0 Å². The number of hydrogen-bond donors (Lipinski definition) is 3. The summed E-state index contributed by atoms with van der Waals surface area (Å²) in [5, 5.41) is 23.4. The number of hydrogen-bond acceptors (Lipinski definition) is 7. The van der Waals surface area contributed by atoms with Gasteiger partial charge in [-0.15, -0.1) is 0 Å². The van der Waals surface area contributed by atoms with Gasteiger partial charge in [-0.25, -0.2) is 4.79 Å². The Morgan fingerprint density at radius 2 is 1.96 bits per heavy atom. The van der Waals surface area contributed by atoms with Gasteiger partial charge in [0.05, 0.1) is 12.8 Å². The number of carbonyl (C=O) groups excluding carboxylic acids is 2. The average Bonchev–Trinajstić information content (AvgIpc) is 2.58. The molecule has 1 aliphatic rings. The molecule has 0 amide bonds. The van der Waals surface area contributed by atoms with Crippen LogP contribution in [0.25, 0.3) is 0 Å². The van der Waals surface area contributed by atoms with Crippen LogP contribution >= 0.6 is 0 Å². The molecule has 0 fully saturated rings. The Morgan fingerprint density at radius 3 is 2.65 bits per heavy atom. The molecule has 0 saturated heterocycles. The van der Waals surface area contributed by atoms with Crippen LogP contribution in [-0.4, -0.2) is 47.3 Å². The maximum Gasteiger partial charge on any atom is 0.344 e. The molecule has 3 atom stereocenters. The van der Waals surface area contributed by atoms with Gasteiger partial charge >= 0.3 is 5.97 Å².